The first-order valence-electron chi connectivity index (χ1n) is 6.73. The zero-order valence-electron chi connectivity index (χ0n) is 12.0. The molecule has 0 bridgehead atoms. The molecule has 16 heavy (non-hydrogen) atoms. The summed E-state index contributed by atoms with van der Waals surface area (Å²) < 4.78 is 0. The van der Waals surface area contributed by atoms with Gasteiger partial charge >= 0.3 is 0 Å². The highest BCUT2D eigenvalue weighted by Crippen LogP contribution is 2.25. The third kappa shape index (κ3) is 5.86. The molecule has 1 unspecified atom stereocenters. The molecule has 2 heteroatoms. The summed E-state index contributed by atoms with van der Waals surface area (Å²) in [5, 5.41) is 13.4. The van der Waals surface area contributed by atoms with E-state index < -0.39 is 0 Å². The third-order valence-corrected chi connectivity index (χ3v) is 3.07. The molecule has 0 aliphatic carbocycles. The standard InChI is InChI=1S/C14H31NO/c1-7-13(6)15-14(10-16,8-11(2)3)9-12(4)5/h11-13,15-16H,7-10H2,1-6H3. The highest BCUT2D eigenvalue weighted by Gasteiger charge is 2.31. The molecule has 0 aliphatic heterocycles. The Morgan fingerprint density at radius 1 is 1.00 bits per heavy atom. The maximum atomic E-state index is 9.76. The maximum absolute atomic E-state index is 9.76. The van der Waals surface area contributed by atoms with Crippen molar-refractivity contribution in [1.82, 2.24) is 5.32 Å². The molecule has 2 N–H and O–H groups in total. The summed E-state index contributed by atoms with van der Waals surface area (Å²) in [7, 11) is 0. The molecular weight excluding hydrogens is 198 g/mol. The minimum absolute atomic E-state index is 0.0856. The summed E-state index contributed by atoms with van der Waals surface area (Å²) in [4.78, 5) is 0. The van der Waals surface area contributed by atoms with Gasteiger partial charge in [0.25, 0.3) is 0 Å². The molecule has 0 saturated carbocycles. The van der Waals surface area contributed by atoms with Crippen LogP contribution in [0.4, 0.5) is 0 Å². The van der Waals surface area contributed by atoms with Crippen molar-refractivity contribution in [3.05, 3.63) is 0 Å². The molecule has 0 heterocycles. The van der Waals surface area contributed by atoms with Gasteiger partial charge in [-0.2, -0.15) is 0 Å². The fraction of sp³-hybridized carbons (Fsp3) is 1.00. The van der Waals surface area contributed by atoms with Crippen LogP contribution in [0.2, 0.25) is 0 Å². The van der Waals surface area contributed by atoms with E-state index in [1.54, 1.807) is 0 Å². The lowest BCUT2D eigenvalue weighted by Gasteiger charge is -2.38. The van der Waals surface area contributed by atoms with E-state index in [4.69, 9.17) is 0 Å². The van der Waals surface area contributed by atoms with Gasteiger partial charge in [0.05, 0.1) is 6.61 Å². The van der Waals surface area contributed by atoms with Gasteiger partial charge in [0.1, 0.15) is 0 Å². The fourth-order valence-corrected chi connectivity index (χ4v) is 2.56. The Hall–Kier alpha value is -0.0800. The first-order valence-corrected chi connectivity index (χ1v) is 6.73. The van der Waals surface area contributed by atoms with E-state index in [1.165, 1.54) is 0 Å². The van der Waals surface area contributed by atoms with Gasteiger partial charge in [-0.25, -0.2) is 0 Å². The number of rotatable bonds is 8. The van der Waals surface area contributed by atoms with E-state index in [2.05, 4.69) is 46.9 Å². The molecule has 0 aromatic rings. The largest absolute Gasteiger partial charge is 0.394 e. The van der Waals surface area contributed by atoms with Crippen molar-refractivity contribution in [3.8, 4) is 0 Å². The van der Waals surface area contributed by atoms with E-state index in [0.717, 1.165) is 19.3 Å². The van der Waals surface area contributed by atoms with Crippen LogP contribution in [0, 0.1) is 11.8 Å². The van der Waals surface area contributed by atoms with Gasteiger partial charge in [-0.05, 0) is 38.0 Å². The van der Waals surface area contributed by atoms with Crippen LogP contribution in [0.1, 0.15) is 60.8 Å². The van der Waals surface area contributed by atoms with Gasteiger partial charge < -0.3 is 10.4 Å². The Morgan fingerprint density at radius 2 is 1.44 bits per heavy atom. The van der Waals surface area contributed by atoms with Crippen molar-refractivity contribution >= 4 is 0 Å². The normalized spacial score (nSPS) is 14.8. The zero-order chi connectivity index (χ0) is 12.8. The first kappa shape index (κ1) is 15.9. The Kier molecular flexibility index (Phi) is 7.25. The molecule has 0 amide bonds. The van der Waals surface area contributed by atoms with E-state index in [0.29, 0.717) is 17.9 Å². The number of nitrogens with one attached hydrogen (secondary N) is 1. The Balaban J connectivity index is 4.65. The van der Waals surface area contributed by atoms with E-state index in [-0.39, 0.29) is 12.1 Å². The molecule has 0 aromatic heterocycles. The second kappa shape index (κ2) is 7.29. The summed E-state index contributed by atoms with van der Waals surface area (Å²) in [6, 6.07) is 0.477. The molecule has 0 radical (unpaired) electrons. The van der Waals surface area contributed by atoms with Crippen LogP contribution in [0.5, 0.6) is 0 Å². The van der Waals surface area contributed by atoms with Crippen molar-refractivity contribution in [3.63, 3.8) is 0 Å². The molecule has 0 saturated heterocycles. The quantitative estimate of drug-likeness (QED) is 0.670. The zero-order valence-corrected chi connectivity index (χ0v) is 12.0. The number of hydrogen-bond donors (Lipinski definition) is 2. The number of aliphatic hydroxyl groups is 1. The minimum Gasteiger partial charge on any atom is -0.394 e. The van der Waals surface area contributed by atoms with Gasteiger partial charge in [-0.3, -0.25) is 0 Å². The molecule has 0 spiro atoms. The lowest BCUT2D eigenvalue weighted by Crippen LogP contribution is -2.53. The SMILES string of the molecule is CCC(C)NC(CO)(CC(C)C)CC(C)C. The molecular formula is C14H31NO. The van der Waals surface area contributed by atoms with Gasteiger partial charge in [0.15, 0.2) is 0 Å². The first-order chi connectivity index (χ1) is 7.35. The molecule has 0 rings (SSSR count). The predicted molar refractivity (Wildman–Crippen MR) is 71.6 cm³/mol. The number of hydrogen-bond acceptors (Lipinski definition) is 2. The second-order valence-electron chi connectivity index (χ2n) is 6.09. The van der Waals surface area contributed by atoms with Crippen LogP contribution >= 0.6 is 0 Å². The molecule has 1 atom stereocenters. The van der Waals surface area contributed by atoms with E-state index in [1.807, 2.05) is 0 Å². The summed E-state index contributed by atoms with van der Waals surface area (Å²) in [5.41, 5.74) is -0.0856. The van der Waals surface area contributed by atoms with Crippen LogP contribution in [-0.2, 0) is 0 Å². The van der Waals surface area contributed by atoms with Crippen molar-refractivity contribution in [2.75, 3.05) is 6.61 Å². The smallest absolute Gasteiger partial charge is 0.0613 e. The summed E-state index contributed by atoms with van der Waals surface area (Å²) in [5.74, 6) is 1.23. The molecule has 98 valence electrons. The lowest BCUT2D eigenvalue weighted by molar-refractivity contribution is 0.106. The topological polar surface area (TPSA) is 32.3 Å². The second-order valence-corrected chi connectivity index (χ2v) is 6.09. The third-order valence-electron chi connectivity index (χ3n) is 3.07. The van der Waals surface area contributed by atoms with Crippen LogP contribution in [0.3, 0.4) is 0 Å². The monoisotopic (exact) mass is 229 g/mol. The summed E-state index contributed by atoms with van der Waals surface area (Å²) >= 11 is 0. The highest BCUT2D eigenvalue weighted by atomic mass is 16.3. The average Bonchev–Trinajstić information content (AvgIpc) is 2.15. The molecule has 0 fully saturated rings. The van der Waals surface area contributed by atoms with E-state index >= 15 is 0 Å². The van der Waals surface area contributed by atoms with Crippen molar-refractivity contribution in [2.24, 2.45) is 11.8 Å². The summed E-state index contributed by atoms with van der Waals surface area (Å²) in [6.45, 7) is 13.5. The molecule has 2 nitrogen and oxygen atoms in total. The Bertz CT molecular complexity index is 168. The fourth-order valence-electron chi connectivity index (χ4n) is 2.56. The maximum Gasteiger partial charge on any atom is 0.0613 e. The lowest BCUT2D eigenvalue weighted by atomic mass is 9.81. The minimum atomic E-state index is -0.0856. The summed E-state index contributed by atoms with van der Waals surface area (Å²) in [6.07, 6.45) is 3.20. The predicted octanol–water partition coefficient (Wildman–Crippen LogP) is 3.20. The van der Waals surface area contributed by atoms with Crippen LogP contribution in [0.15, 0.2) is 0 Å². The molecule has 0 aromatic carbocycles. The average molecular weight is 229 g/mol. The highest BCUT2D eigenvalue weighted by molar-refractivity contribution is 4.91. The van der Waals surface area contributed by atoms with Gasteiger partial charge in [-0.15, -0.1) is 0 Å². The van der Waals surface area contributed by atoms with Crippen molar-refractivity contribution in [2.45, 2.75) is 72.4 Å². The van der Waals surface area contributed by atoms with Crippen molar-refractivity contribution in [1.29, 1.82) is 0 Å². The van der Waals surface area contributed by atoms with E-state index in [9.17, 15) is 5.11 Å². The van der Waals surface area contributed by atoms with Gasteiger partial charge in [0.2, 0.25) is 0 Å². The van der Waals surface area contributed by atoms with Crippen LogP contribution in [-0.4, -0.2) is 23.3 Å². The van der Waals surface area contributed by atoms with Crippen LogP contribution in [0.25, 0.3) is 0 Å². The van der Waals surface area contributed by atoms with Gasteiger partial charge in [0, 0.05) is 11.6 Å². The van der Waals surface area contributed by atoms with Crippen LogP contribution < -0.4 is 5.32 Å². The number of aliphatic hydroxyl groups excluding tert-OH is 1. The van der Waals surface area contributed by atoms with Gasteiger partial charge in [-0.1, -0.05) is 34.6 Å². The Morgan fingerprint density at radius 3 is 1.69 bits per heavy atom. The molecule has 0 aliphatic rings. The van der Waals surface area contributed by atoms with Crippen molar-refractivity contribution < 1.29 is 5.11 Å². The Labute approximate surface area is 102 Å².